The third-order valence-corrected chi connectivity index (χ3v) is 4.79. The summed E-state index contributed by atoms with van der Waals surface area (Å²) in [5.41, 5.74) is 1.81. The maximum Gasteiger partial charge on any atom is 0.168 e. The van der Waals surface area contributed by atoms with Gasteiger partial charge >= 0.3 is 0 Å². The summed E-state index contributed by atoms with van der Waals surface area (Å²) in [6.45, 7) is 0. The standard InChI is InChI=1S/C17H17N5O/c1-2-4-11(5-3-1)22-17-13(9-20-22)16(18-10-19-17)21-14-8-12-6-7-15(14)23-12/h1-5,9-10,12,14-15H,6-8H2,(H,18,19,21)/t12-,14+,15-/m0/s1. The third kappa shape index (κ3) is 2.09. The molecule has 2 aliphatic rings. The van der Waals surface area contributed by atoms with Crippen LogP contribution >= 0.6 is 0 Å². The summed E-state index contributed by atoms with van der Waals surface area (Å²) in [6, 6.07) is 10.4. The summed E-state index contributed by atoms with van der Waals surface area (Å²) in [4.78, 5) is 8.85. The van der Waals surface area contributed by atoms with Crippen molar-refractivity contribution in [1.29, 1.82) is 0 Å². The minimum absolute atomic E-state index is 0.314. The van der Waals surface area contributed by atoms with E-state index in [9.17, 15) is 0 Å². The Bertz CT molecular complexity index is 847. The smallest absolute Gasteiger partial charge is 0.168 e. The summed E-state index contributed by atoms with van der Waals surface area (Å²) < 4.78 is 7.76. The van der Waals surface area contributed by atoms with Crippen molar-refractivity contribution in [3.8, 4) is 5.69 Å². The van der Waals surface area contributed by atoms with E-state index >= 15 is 0 Å². The Balaban J connectivity index is 1.52. The van der Waals surface area contributed by atoms with E-state index in [2.05, 4.69) is 20.4 Å². The molecule has 2 bridgehead atoms. The summed E-state index contributed by atoms with van der Waals surface area (Å²) >= 11 is 0. The van der Waals surface area contributed by atoms with Gasteiger partial charge in [-0.15, -0.1) is 0 Å². The second kappa shape index (κ2) is 5.03. The largest absolute Gasteiger partial charge is 0.373 e. The molecule has 0 saturated carbocycles. The molecule has 2 saturated heterocycles. The molecule has 2 aromatic heterocycles. The Labute approximate surface area is 133 Å². The predicted molar refractivity (Wildman–Crippen MR) is 86.6 cm³/mol. The lowest BCUT2D eigenvalue weighted by atomic mass is 9.95. The molecule has 1 N–H and O–H groups in total. The number of fused-ring (bicyclic) bond motifs is 3. The molecule has 2 fully saturated rings. The fraction of sp³-hybridized carbons (Fsp3) is 0.353. The van der Waals surface area contributed by atoms with E-state index < -0.39 is 0 Å². The minimum Gasteiger partial charge on any atom is -0.373 e. The van der Waals surface area contributed by atoms with Crippen LogP contribution in [0, 0.1) is 0 Å². The molecule has 4 heterocycles. The fourth-order valence-corrected chi connectivity index (χ4v) is 3.68. The predicted octanol–water partition coefficient (Wildman–Crippen LogP) is 2.55. The molecule has 0 unspecified atom stereocenters. The molecule has 0 aliphatic carbocycles. The molecule has 1 aromatic carbocycles. The number of nitrogens with zero attached hydrogens (tertiary/aromatic N) is 4. The van der Waals surface area contributed by atoms with Crippen molar-refractivity contribution in [3.05, 3.63) is 42.9 Å². The lowest BCUT2D eigenvalue weighted by Gasteiger charge is -2.20. The Morgan fingerprint density at radius 1 is 1.13 bits per heavy atom. The van der Waals surface area contributed by atoms with Gasteiger partial charge < -0.3 is 10.1 Å². The Morgan fingerprint density at radius 3 is 2.83 bits per heavy atom. The van der Waals surface area contributed by atoms with Crippen LogP contribution in [0.2, 0.25) is 0 Å². The first-order chi connectivity index (χ1) is 11.4. The van der Waals surface area contributed by atoms with E-state index in [4.69, 9.17) is 4.74 Å². The average Bonchev–Trinajstić information content (AvgIpc) is 3.31. The van der Waals surface area contributed by atoms with Crippen LogP contribution in [0.5, 0.6) is 0 Å². The first-order valence-electron chi connectivity index (χ1n) is 8.04. The highest BCUT2D eigenvalue weighted by molar-refractivity contribution is 5.87. The van der Waals surface area contributed by atoms with Gasteiger partial charge in [-0.25, -0.2) is 14.6 Å². The van der Waals surface area contributed by atoms with Crippen molar-refractivity contribution in [2.75, 3.05) is 5.32 Å². The maximum atomic E-state index is 5.92. The molecule has 0 radical (unpaired) electrons. The van der Waals surface area contributed by atoms with Crippen molar-refractivity contribution in [3.63, 3.8) is 0 Å². The van der Waals surface area contributed by atoms with E-state index in [1.54, 1.807) is 6.33 Å². The molecule has 0 spiro atoms. The molecule has 3 aromatic rings. The van der Waals surface area contributed by atoms with Crippen molar-refractivity contribution in [1.82, 2.24) is 19.7 Å². The second-order valence-corrected chi connectivity index (χ2v) is 6.21. The van der Waals surface area contributed by atoms with Crippen molar-refractivity contribution < 1.29 is 4.74 Å². The van der Waals surface area contributed by atoms with Gasteiger partial charge in [-0.1, -0.05) is 18.2 Å². The number of aromatic nitrogens is 4. The maximum absolute atomic E-state index is 5.92. The van der Waals surface area contributed by atoms with E-state index in [0.717, 1.165) is 35.4 Å². The zero-order valence-electron chi connectivity index (χ0n) is 12.6. The SMILES string of the molecule is c1ccc(-n2ncc3c(N[C@@H]4C[C@@H]5CC[C@@H]4O5)ncnc32)cc1. The van der Waals surface area contributed by atoms with E-state index in [0.29, 0.717) is 18.2 Å². The van der Waals surface area contributed by atoms with Gasteiger partial charge in [-0.2, -0.15) is 5.10 Å². The highest BCUT2D eigenvalue weighted by atomic mass is 16.5. The Kier molecular flexibility index (Phi) is 2.84. The van der Waals surface area contributed by atoms with Crippen LogP contribution in [0.3, 0.4) is 0 Å². The number of nitrogens with one attached hydrogen (secondary N) is 1. The van der Waals surface area contributed by atoms with Gasteiger partial charge in [0, 0.05) is 0 Å². The summed E-state index contributed by atoms with van der Waals surface area (Å²) in [5.74, 6) is 0.846. The molecule has 5 rings (SSSR count). The lowest BCUT2D eigenvalue weighted by molar-refractivity contribution is 0.102. The molecular weight excluding hydrogens is 290 g/mol. The van der Waals surface area contributed by atoms with Gasteiger partial charge in [-0.05, 0) is 31.4 Å². The summed E-state index contributed by atoms with van der Waals surface area (Å²) in [5, 5.41) is 8.99. The van der Waals surface area contributed by atoms with Crippen LogP contribution in [-0.2, 0) is 4.74 Å². The molecule has 6 nitrogen and oxygen atoms in total. The number of ether oxygens (including phenoxy) is 1. The quantitative estimate of drug-likeness (QED) is 0.805. The number of rotatable bonds is 3. The number of para-hydroxylation sites is 1. The van der Waals surface area contributed by atoms with Crippen molar-refractivity contribution in [2.24, 2.45) is 0 Å². The molecule has 0 amide bonds. The van der Waals surface area contributed by atoms with E-state index in [1.807, 2.05) is 41.2 Å². The Hall–Kier alpha value is -2.47. The zero-order chi connectivity index (χ0) is 15.2. The summed E-state index contributed by atoms with van der Waals surface area (Å²) in [7, 11) is 0. The number of hydrogen-bond donors (Lipinski definition) is 1. The zero-order valence-corrected chi connectivity index (χ0v) is 12.6. The monoisotopic (exact) mass is 307 g/mol. The minimum atomic E-state index is 0.314. The highest BCUT2D eigenvalue weighted by Crippen LogP contribution is 2.36. The van der Waals surface area contributed by atoms with Gasteiger partial charge in [0.25, 0.3) is 0 Å². The highest BCUT2D eigenvalue weighted by Gasteiger charge is 2.41. The summed E-state index contributed by atoms with van der Waals surface area (Å²) in [6.07, 6.45) is 7.55. The van der Waals surface area contributed by atoms with Crippen LogP contribution in [0.15, 0.2) is 42.9 Å². The van der Waals surface area contributed by atoms with E-state index in [1.165, 1.54) is 6.42 Å². The molecule has 3 atom stereocenters. The van der Waals surface area contributed by atoms with Crippen molar-refractivity contribution >= 4 is 16.9 Å². The first-order valence-corrected chi connectivity index (χ1v) is 8.04. The van der Waals surface area contributed by atoms with Gasteiger partial charge in [0.1, 0.15) is 12.1 Å². The van der Waals surface area contributed by atoms with Gasteiger partial charge in [0.2, 0.25) is 0 Å². The van der Waals surface area contributed by atoms with Crippen LogP contribution in [0.1, 0.15) is 19.3 Å². The topological polar surface area (TPSA) is 64.9 Å². The van der Waals surface area contributed by atoms with Crippen LogP contribution in [0.25, 0.3) is 16.7 Å². The van der Waals surface area contributed by atoms with Crippen LogP contribution < -0.4 is 5.32 Å². The molecule has 2 aliphatic heterocycles. The van der Waals surface area contributed by atoms with Crippen LogP contribution in [-0.4, -0.2) is 38.0 Å². The third-order valence-electron chi connectivity index (χ3n) is 4.79. The van der Waals surface area contributed by atoms with Crippen LogP contribution in [0.4, 0.5) is 5.82 Å². The normalized spacial score (nSPS) is 26.0. The average molecular weight is 307 g/mol. The molecular formula is C17H17N5O. The molecule has 116 valence electrons. The molecule has 6 heteroatoms. The number of benzene rings is 1. The fourth-order valence-electron chi connectivity index (χ4n) is 3.68. The van der Waals surface area contributed by atoms with Gasteiger partial charge in [0.15, 0.2) is 5.65 Å². The lowest BCUT2D eigenvalue weighted by Crippen LogP contribution is -2.30. The van der Waals surface area contributed by atoms with E-state index in [-0.39, 0.29) is 0 Å². The first kappa shape index (κ1) is 13.0. The van der Waals surface area contributed by atoms with Crippen molar-refractivity contribution in [2.45, 2.75) is 37.5 Å². The second-order valence-electron chi connectivity index (χ2n) is 6.21. The van der Waals surface area contributed by atoms with Gasteiger partial charge in [0.05, 0.1) is 35.5 Å². The number of hydrogen-bond acceptors (Lipinski definition) is 5. The number of anilines is 1. The van der Waals surface area contributed by atoms with Gasteiger partial charge in [-0.3, -0.25) is 0 Å². The Morgan fingerprint density at radius 2 is 2.04 bits per heavy atom. The molecule has 23 heavy (non-hydrogen) atoms.